The van der Waals surface area contributed by atoms with E-state index in [2.05, 4.69) is 10.6 Å². The first kappa shape index (κ1) is 12.5. The highest BCUT2D eigenvalue weighted by Gasteiger charge is 2.14. The second-order valence-electron chi connectivity index (χ2n) is 4.19. The Bertz CT molecular complexity index is 350. The van der Waals surface area contributed by atoms with Crippen LogP contribution in [0.1, 0.15) is 12.8 Å². The molecule has 2 rings (SSSR count). The summed E-state index contributed by atoms with van der Waals surface area (Å²) in [5, 5.41) is 6.85. The monoisotopic (exact) mass is 250 g/mol. The Hall–Kier alpha value is -1.00. The van der Waals surface area contributed by atoms with Gasteiger partial charge in [-0.1, -0.05) is 18.2 Å². The number of benzene rings is 1. The molecule has 1 aromatic rings. The van der Waals surface area contributed by atoms with Gasteiger partial charge in [0.15, 0.2) is 0 Å². The fourth-order valence-electron chi connectivity index (χ4n) is 1.87. The summed E-state index contributed by atoms with van der Waals surface area (Å²) in [6, 6.07) is 9.61. The van der Waals surface area contributed by atoms with E-state index in [9.17, 15) is 4.79 Å². The zero-order valence-electron chi connectivity index (χ0n) is 9.82. The lowest BCUT2D eigenvalue weighted by Crippen LogP contribution is -2.32. The minimum Gasteiger partial charge on any atom is -0.325 e. The van der Waals surface area contributed by atoms with E-state index >= 15 is 0 Å². The molecule has 1 unspecified atom stereocenters. The molecule has 1 atom stereocenters. The number of piperidine rings is 1. The van der Waals surface area contributed by atoms with E-state index in [1.54, 1.807) is 11.8 Å². The van der Waals surface area contributed by atoms with E-state index in [1.807, 2.05) is 30.3 Å². The van der Waals surface area contributed by atoms with Crippen molar-refractivity contribution in [3.63, 3.8) is 0 Å². The molecule has 1 amide bonds. The van der Waals surface area contributed by atoms with Gasteiger partial charge in [-0.3, -0.25) is 4.79 Å². The molecule has 92 valence electrons. The third kappa shape index (κ3) is 4.40. The summed E-state index contributed by atoms with van der Waals surface area (Å²) in [6.07, 6.45) is 2.44. The van der Waals surface area contributed by atoms with Crippen LogP contribution in [0.5, 0.6) is 0 Å². The number of carbonyl (C=O) groups excluding carboxylic acids is 1. The average molecular weight is 250 g/mol. The summed E-state index contributed by atoms with van der Waals surface area (Å²) in [5.74, 6) is 0.633. The number of hydrogen-bond acceptors (Lipinski definition) is 3. The summed E-state index contributed by atoms with van der Waals surface area (Å²) >= 11 is 1.75. The smallest absolute Gasteiger partial charge is 0.234 e. The summed E-state index contributed by atoms with van der Waals surface area (Å²) in [7, 11) is 0. The van der Waals surface area contributed by atoms with Crippen LogP contribution in [-0.2, 0) is 4.79 Å². The third-order valence-corrected chi connectivity index (χ3v) is 4.06. The Labute approximate surface area is 106 Å². The van der Waals surface area contributed by atoms with Crippen molar-refractivity contribution in [1.82, 2.24) is 5.32 Å². The number of para-hydroxylation sites is 1. The second kappa shape index (κ2) is 6.67. The molecule has 17 heavy (non-hydrogen) atoms. The van der Waals surface area contributed by atoms with Gasteiger partial charge in [0.05, 0.1) is 5.75 Å². The highest BCUT2D eigenvalue weighted by molar-refractivity contribution is 8.00. The maximum absolute atomic E-state index is 11.7. The highest BCUT2D eigenvalue weighted by atomic mass is 32.2. The van der Waals surface area contributed by atoms with Crippen LogP contribution in [0.15, 0.2) is 30.3 Å². The number of hydrogen-bond donors (Lipinski definition) is 2. The van der Waals surface area contributed by atoms with Crippen molar-refractivity contribution in [2.75, 3.05) is 24.2 Å². The summed E-state index contributed by atoms with van der Waals surface area (Å²) in [5.41, 5.74) is 0.875. The van der Waals surface area contributed by atoms with Crippen LogP contribution in [0.2, 0.25) is 0 Å². The second-order valence-corrected chi connectivity index (χ2v) is 5.48. The number of nitrogens with one attached hydrogen (secondary N) is 2. The zero-order valence-corrected chi connectivity index (χ0v) is 10.6. The maximum Gasteiger partial charge on any atom is 0.234 e. The zero-order chi connectivity index (χ0) is 11.9. The summed E-state index contributed by atoms with van der Waals surface area (Å²) in [6.45, 7) is 2.15. The number of anilines is 1. The minimum atomic E-state index is 0.0896. The van der Waals surface area contributed by atoms with Crippen LogP contribution in [0.3, 0.4) is 0 Å². The molecular weight excluding hydrogens is 232 g/mol. The van der Waals surface area contributed by atoms with Crippen LogP contribution < -0.4 is 10.6 Å². The van der Waals surface area contributed by atoms with Gasteiger partial charge >= 0.3 is 0 Å². The molecule has 1 aliphatic rings. The van der Waals surface area contributed by atoms with Crippen LogP contribution in [0.4, 0.5) is 5.69 Å². The van der Waals surface area contributed by atoms with Gasteiger partial charge < -0.3 is 10.6 Å². The van der Waals surface area contributed by atoms with Crippen molar-refractivity contribution >= 4 is 23.4 Å². The van der Waals surface area contributed by atoms with Crippen molar-refractivity contribution in [2.45, 2.75) is 18.1 Å². The van der Waals surface area contributed by atoms with Gasteiger partial charge in [0.1, 0.15) is 0 Å². The molecule has 0 aromatic heterocycles. The molecule has 2 N–H and O–H groups in total. The molecule has 0 bridgehead atoms. The lowest BCUT2D eigenvalue weighted by molar-refractivity contribution is -0.113. The van der Waals surface area contributed by atoms with Crippen molar-refractivity contribution in [3.8, 4) is 0 Å². The number of amides is 1. The van der Waals surface area contributed by atoms with E-state index in [4.69, 9.17) is 0 Å². The van der Waals surface area contributed by atoms with E-state index in [0.717, 1.165) is 18.8 Å². The topological polar surface area (TPSA) is 41.1 Å². The Kier molecular flexibility index (Phi) is 4.88. The summed E-state index contributed by atoms with van der Waals surface area (Å²) in [4.78, 5) is 11.7. The Morgan fingerprint density at radius 2 is 2.24 bits per heavy atom. The van der Waals surface area contributed by atoms with Gasteiger partial charge in [-0.25, -0.2) is 0 Å². The molecule has 1 saturated heterocycles. The van der Waals surface area contributed by atoms with Crippen molar-refractivity contribution in [1.29, 1.82) is 0 Å². The van der Waals surface area contributed by atoms with Crippen molar-refractivity contribution < 1.29 is 4.79 Å². The van der Waals surface area contributed by atoms with E-state index < -0.39 is 0 Å². The van der Waals surface area contributed by atoms with Gasteiger partial charge in [-0.05, 0) is 31.5 Å². The predicted molar refractivity (Wildman–Crippen MR) is 73.4 cm³/mol. The van der Waals surface area contributed by atoms with E-state index in [-0.39, 0.29) is 5.91 Å². The Balaban J connectivity index is 1.70. The lowest BCUT2D eigenvalue weighted by atomic mass is 10.2. The quantitative estimate of drug-likeness (QED) is 0.860. The first-order valence-corrected chi connectivity index (χ1v) is 7.07. The molecular formula is C13H18N2OS. The molecule has 1 heterocycles. The Morgan fingerprint density at radius 3 is 2.94 bits per heavy atom. The molecule has 4 heteroatoms. The molecule has 1 aliphatic heterocycles. The fraction of sp³-hybridized carbons (Fsp3) is 0.462. The molecule has 1 fully saturated rings. The molecule has 3 nitrogen and oxygen atoms in total. The van der Waals surface area contributed by atoms with Crippen LogP contribution in [0.25, 0.3) is 0 Å². The predicted octanol–water partition coefficient (Wildman–Crippen LogP) is 2.11. The van der Waals surface area contributed by atoms with Gasteiger partial charge in [-0.15, -0.1) is 11.8 Å². The lowest BCUT2D eigenvalue weighted by Gasteiger charge is -2.21. The highest BCUT2D eigenvalue weighted by Crippen LogP contribution is 2.18. The fourth-order valence-corrected chi connectivity index (χ4v) is 2.90. The molecule has 0 radical (unpaired) electrons. The number of thioether (sulfide) groups is 1. The standard InChI is InChI=1S/C13H18N2OS/c16-13(15-11-5-2-1-3-6-11)10-17-12-7-4-8-14-9-12/h1-3,5-6,12,14H,4,7-10H2,(H,15,16). The number of rotatable bonds is 4. The number of carbonyl (C=O) groups is 1. The maximum atomic E-state index is 11.7. The van der Waals surface area contributed by atoms with Crippen molar-refractivity contribution in [2.24, 2.45) is 0 Å². The molecule has 0 aliphatic carbocycles. The summed E-state index contributed by atoms with van der Waals surface area (Å²) < 4.78 is 0. The van der Waals surface area contributed by atoms with Crippen LogP contribution in [-0.4, -0.2) is 30.0 Å². The van der Waals surface area contributed by atoms with Gasteiger partial charge in [-0.2, -0.15) is 0 Å². The molecule has 0 spiro atoms. The van der Waals surface area contributed by atoms with Gasteiger partial charge in [0, 0.05) is 17.5 Å². The van der Waals surface area contributed by atoms with Crippen LogP contribution >= 0.6 is 11.8 Å². The molecule has 0 saturated carbocycles. The largest absolute Gasteiger partial charge is 0.325 e. The minimum absolute atomic E-state index is 0.0896. The van der Waals surface area contributed by atoms with Gasteiger partial charge in [0.25, 0.3) is 0 Å². The van der Waals surface area contributed by atoms with Crippen molar-refractivity contribution in [3.05, 3.63) is 30.3 Å². The first-order valence-electron chi connectivity index (χ1n) is 6.02. The van der Waals surface area contributed by atoms with Crippen LogP contribution in [0, 0.1) is 0 Å². The van der Waals surface area contributed by atoms with E-state index in [0.29, 0.717) is 11.0 Å². The first-order chi connectivity index (χ1) is 8.34. The SMILES string of the molecule is O=C(CSC1CCCNC1)Nc1ccccc1. The molecule has 1 aromatic carbocycles. The normalized spacial score (nSPS) is 19.9. The van der Waals surface area contributed by atoms with E-state index in [1.165, 1.54) is 12.8 Å². The third-order valence-electron chi connectivity index (χ3n) is 2.76. The Morgan fingerprint density at radius 1 is 1.41 bits per heavy atom. The average Bonchev–Trinajstić information content (AvgIpc) is 2.39. The van der Waals surface area contributed by atoms with Gasteiger partial charge in [0.2, 0.25) is 5.91 Å².